The molecule has 1 N–H and O–H groups in total. The molecule has 0 radical (unpaired) electrons. The molecular formula is C16H16ClFO3. The Hall–Kier alpha value is -1.78. The number of rotatable bonds is 5. The number of aliphatic hydroxyl groups is 1. The van der Waals surface area contributed by atoms with Crippen LogP contribution < -0.4 is 9.47 Å². The minimum Gasteiger partial charge on any atom is -0.493 e. The lowest BCUT2D eigenvalue weighted by atomic mass is 10.0. The Morgan fingerprint density at radius 3 is 2.52 bits per heavy atom. The summed E-state index contributed by atoms with van der Waals surface area (Å²) in [5.74, 6) is 0.483. The molecule has 0 spiro atoms. The summed E-state index contributed by atoms with van der Waals surface area (Å²) in [6.45, 7) is 0. The zero-order valence-electron chi connectivity index (χ0n) is 11.8. The van der Waals surface area contributed by atoms with E-state index in [0.717, 1.165) is 0 Å². The monoisotopic (exact) mass is 310 g/mol. The first kappa shape index (κ1) is 15.6. The highest BCUT2D eigenvalue weighted by atomic mass is 35.5. The van der Waals surface area contributed by atoms with Crippen molar-refractivity contribution in [3.8, 4) is 11.5 Å². The molecule has 2 aromatic rings. The Morgan fingerprint density at radius 1 is 1.19 bits per heavy atom. The van der Waals surface area contributed by atoms with Crippen molar-refractivity contribution in [3.63, 3.8) is 0 Å². The molecule has 21 heavy (non-hydrogen) atoms. The number of benzene rings is 2. The first-order valence-corrected chi connectivity index (χ1v) is 6.77. The molecule has 0 aliphatic heterocycles. The third-order valence-corrected chi connectivity index (χ3v) is 3.49. The maximum Gasteiger partial charge on any atom is 0.179 e. The van der Waals surface area contributed by atoms with Crippen LogP contribution in [-0.4, -0.2) is 19.3 Å². The summed E-state index contributed by atoms with van der Waals surface area (Å²) < 4.78 is 24.0. The van der Waals surface area contributed by atoms with E-state index in [1.807, 2.05) is 0 Å². The summed E-state index contributed by atoms with van der Waals surface area (Å²) in [5, 5.41) is 10.6. The molecule has 1 unspecified atom stereocenters. The van der Waals surface area contributed by atoms with E-state index in [-0.39, 0.29) is 12.2 Å². The van der Waals surface area contributed by atoms with E-state index in [9.17, 15) is 9.50 Å². The summed E-state index contributed by atoms with van der Waals surface area (Å²) in [6, 6.07) is 9.57. The van der Waals surface area contributed by atoms with E-state index in [1.165, 1.54) is 20.3 Å². The summed E-state index contributed by atoms with van der Waals surface area (Å²) in [7, 11) is 2.97. The minimum atomic E-state index is -0.890. The van der Waals surface area contributed by atoms with Crippen LogP contribution in [0.15, 0.2) is 36.4 Å². The maximum absolute atomic E-state index is 13.6. The zero-order chi connectivity index (χ0) is 15.4. The highest BCUT2D eigenvalue weighted by molar-refractivity contribution is 6.32. The quantitative estimate of drug-likeness (QED) is 0.913. The predicted octanol–water partition coefficient (Wildman–Crippen LogP) is 3.77. The second kappa shape index (κ2) is 6.78. The van der Waals surface area contributed by atoms with Gasteiger partial charge in [0.05, 0.1) is 25.3 Å². The van der Waals surface area contributed by atoms with Crippen molar-refractivity contribution in [1.82, 2.24) is 0 Å². The van der Waals surface area contributed by atoms with Crippen molar-refractivity contribution in [2.45, 2.75) is 12.5 Å². The first-order valence-electron chi connectivity index (χ1n) is 6.39. The van der Waals surface area contributed by atoms with Crippen LogP contribution in [0.1, 0.15) is 17.2 Å². The molecule has 5 heteroatoms. The van der Waals surface area contributed by atoms with Gasteiger partial charge in [0.1, 0.15) is 5.82 Å². The smallest absolute Gasteiger partial charge is 0.179 e. The topological polar surface area (TPSA) is 38.7 Å². The van der Waals surface area contributed by atoms with Crippen LogP contribution in [0.5, 0.6) is 11.5 Å². The van der Waals surface area contributed by atoms with Crippen LogP contribution in [0.4, 0.5) is 4.39 Å². The zero-order valence-corrected chi connectivity index (χ0v) is 12.5. The van der Waals surface area contributed by atoms with Crippen LogP contribution in [-0.2, 0) is 6.42 Å². The van der Waals surface area contributed by atoms with Gasteiger partial charge in [0.25, 0.3) is 0 Å². The standard InChI is InChI=1S/C16H16ClFO3/c1-20-15-9-11(7-12(17)16(15)21-2)14(19)8-10-5-3-4-6-13(10)18/h3-7,9,14,19H,8H2,1-2H3. The first-order chi connectivity index (χ1) is 10.1. The maximum atomic E-state index is 13.6. The largest absolute Gasteiger partial charge is 0.493 e. The Bertz CT molecular complexity index is 631. The van der Waals surface area contributed by atoms with Crippen molar-refractivity contribution in [3.05, 3.63) is 58.4 Å². The number of hydrogen-bond acceptors (Lipinski definition) is 3. The summed E-state index contributed by atoms with van der Waals surface area (Å²) in [4.78, 5) is 0. The number of aliphatic hydroxyl groups excluding tert-OH is 1. The van der Waals surface area contributed by atoms with Gasteiger partial charge in [0, 0.05) is 6.42 Å². The molecule has 0 bridgehead atoms. The van der Waals surface area contributed by atoms with E-state index >= 15 is 0 Å². The van der Waals surface area contributed by atoms with Crippen molar-refractivity contribution < 1.29 is 19.0 Å². The molecule has 3 nitrogen and oxygen atoms in total. The van der Waals surface area contributed by atoms with Gasteiger partial charge < -0.3 is 14.6 Å². The Labute approximate surface area is 127 Å². The Balaban J connectivity index is 2.29. The van der Waals surface area contributed by atoms with Crippen molar-refractivity contribution in [2.75, 3.05) is 14.2 Å². The van der Waals surface area contributed by atoms with E-state index in [2.05, 4.69) is 0 Å². The van der Waals surface area contributed by atoms with Gasteiger partial charge in [-0.05, 0) is 29.3 Å². The van der Waals surface area contributed by atoms with Gasteiger partial charge in [-0.25, -0.2) is 4.39 Å². The number of ether oxygens (including phenoxy) is 2. The van der Waals surface area contributed by atoms with Crippen molar-refractivity contribution >= 4 is 11.6 Å². The minimum absolute atomic E-state index is 0.151. The molecule has 0 fully saturated rings. The predicted molar refractivity (Wildman–Crippen MR) is 79.6 cm³/mol. The van der Waals surface area contributed by atoms with Gasteiger partial charge in [-0.2, -0.15) is 0 Å². The fourth-order valence-corrected chi connectivity index (χ4v) is 2.42. The molecule has 1 atom stereocenters. The van der Waals surface area contributed by atoms with Crippen molar-refractivity contribution in [2.24, 2.45) is 0 Å². The van der Waals surface area contributed by atoms with Gasteiger partial charge in [-0.1, -0.05) is 29.8 Å². The number of halogens is 2. The number of methoxy groups -OCH3 is 2. The third-order valence-electron chi connectivity index (χ3n) is 3.21. The second-order valence-corrected chi connectivity index (χ2v) is 4.96. The molecule has 0 aromatic heterocycles. The molecular weight excluding hydrogens is 295 g/mol. The molecule has 2 rings (SSSR count). The van der Waals surface area contributed by atoms with E-state index < -0.39 is 6.10 Å². The van der Waals surface area contributed by atoms with Crippen LogP contribution in [0.25, 0.3) is 0 Å². The van der Waals surface area contributed by atoms with Gasteiger partial charge in [-0.15, -0.1) is 0 Å². The second-order valence-electron chi connectivity index (χ2n) is 4.55. The molecule has 112 valence electrons. The Kier molecular flexibility index (Phi) is 5.04. The van der Waals surface area contributed by atoms with Crippen molar-refractivity contribution in [1.29, 1.82) is 0 Å². The number of hydrogen-bond donors (Lipinski definition) is 1. The van der Waals surface area contributed by atoms with Gasteiger partial charge >= 0.3 is 0 Å². The van der Waals surface area contributed by atoms with E-state index in [1.54, 1.807) is 30.3 Å². The van der Waals surface area contributed by atoms with Crippen LogP contribution >= 0.6 is 11.6 Å². The molecule has 0 aliphatic carbocycles. The molecule has 0 saturated heterocycles. The molecule has 0 saturated carbocycles. The summed E-state index contributed by atoms with van der Waals surface area (Å²) in [5.41, 5.74) is 0.983. The molecule has 0 aliphatic rings. The van der Waals surface area contributed by atoms with Gasteiger partial charge in [0.2, 0.25) is 0 Å². The normalized spacial score (nSPS) is 12.0. The molecule has 0 amide bonds. The van der Waals surface area contributed by atoms with E-state index in [0.29, 0.717) is 27.6 Å². The van der Waals surface area contributed by atoms with Crippen LogP contribution in [0.2, 0.25) is 5.02 Å². The lowest BCUT2D eigenvalue weighted by Crippen LogP contribution is -2.04. The van der Waals surface area contributed by atoms with Crippen LogP contribution in [0, 0.1) is 5.82 Å². The highest BCUT2D eigenvalue weighted by Gasteiger charge is 2.17. The average Bonchev–Trinajstić information content (AvgIpc) is 2.48. The van der Waals surface area contributed by atoms with E-state index in [4.69, 9.17) is 21.1 Å². The highest BCUT2D eigenvalue weighted by Crippen LogP contribution is 2.38. The lowest BCUT2D eigenvalue weighted by molar-refractivity contribution is 0.176. The Morgan fingerprint density at radius 2 is 1.90 bits per heavy atom. The summed E-state index contributed by atoms with van der Waals surface area (Å²) >= 11 is 6.10. The fourth-order valence-electron chi connectivity index (χ4n) is 2.12. The molecule has 0 heterocycles. The van der Waals surface area contributed by atoms with Gasteiger partial charge in [-0.3, -0.25) is 0 Å². The third kappa shape index (κ3) is 3.46. The average molecular weight is 311 g/mol. The lowest BCUT2D eigenvalue weighted by Gasteiger charge is -2.16. The van der Waals surface area contributed by atoms with Gasteiger partial charge in [0.15, 0.2) is 11.5 Å². The SMILES string of the molecule is COc1cc(C(O)Cc2ccccc2F)cc(Cl)c1OC. The fraction of sp³-hybridized carbons (Fsp3) is 0.250. The molecule has 2 aromatic carbocycles. The summed E-state index contributed by atoms with van der Waals surface area (Å²) in [6.07, 6.45) is -0.738. The van der Waals surface area contributed by atoms with Crippen LogP contribution in [0.3, 0.4) is 0 Å².